The molecule has 0 radical (unpaired) electrons. The molecular weight excluding hydrogens is 456 g/mol. The quantitative estimate of drug-likeness (QED) is 0.419. The van der Waals surface area contributed by atoms with Crippen molar-refractivity contribution in [2.45, 2.75) is 58.5 Å². The minimum atomic E-state index is -0.658. The second kappa shape index (κ2) is 9.44. The van der Waals surface area contributed by atoms with Crippen molar-refractivity contribution in [3.63, 3.8) is 0 Å². The Morgan fingerprint density at radius 3 is 2.36 bits per heavy atom. The number of hydrogen-bond acceptors (Lipinski definition) is 5. The molecule has 1 unspecified atom stereocenters. The molecule has 0 saturated heterocycles. The molecule has 2 aliphatic rings. The monoisotopic (exact) mass is 490 g/mol. The number of aromatic nitrogens is 4. The maximum atomic E-state index is 13.6. The van der Waals surface area contributed by atoms with Gasteiger partial charge < -0.3 is 20.3 Å². The Morgan fingerprint density at radius 1 is 1.11 bits per heavy atom. The SMILES string of the molecule is Cc1ncn(C)c1-c1ccc(NC(=O)C(NC(=O)c2ccnn2C(C)C)C(C2CC2)C2CC2)cc1O. The van der Waals surface area contributed by atoms with E-state index < -0.39 is 6.04 Å². The van der Waals surface area contributed by atoms with E-state index in [0.29, 0.717) is 28.8 Å². The van der Waals surface area contributed by atoms with Crippen molar-refractivity contribution in [3.05, 3.63) is 48.2 Å². The van der Waals surface area contributed by atoms with Crippen LogP contribution >= 0.6 is 0 Å². The van der Waals surface area contributed by atoms with E-state index in [0.717, 1.165) is 37.1 Å². The van der Waals surface area contributed by atoms with E-state index in [1.165, 1.54) is 0 Å². The highest BCUT2D eigenvalue weighted by molar-refractivity contribution is 6.01. The summed E-state index contributed by atoms with van der Waals surface area (Å²) in [5.74, 6) is 0.514. The fourth-order valence-corrected chi connectivity index (χ4v) is 5.31. The summed E-state index contributed by atoms with van der Waals surface area (Å²) in [6.07, 6.45) is 7.66. The second-order valence-electron chi connectivity index (χ2n) is 10.5. The lowest BCUT2D eigenvalue weighted by atomic mass is 9.88. The number of amides is 2. The van der Waals surface area contributed by atoms with Gasteiger partial charge >= 0.3 is 0 Å². The molecule has 1 aromatic carbocycles. The van der Waals surface area contributed by atoms with Gasteiger partial charge in [0.05, 0.1) is 17.7 Å². The van der Waals surface area contributed by atoms with Crippen LogP contribution in [0.15, 0.2) is 36.8 Å². The summed E-state index contributed by atoms with van der Waals surface area (Å²) in [6.45, 7) is 5.82. The number of carbonyl (C=O) groups is 2. The largest absolute Gasteiger partial charge is 0.507 e. The fourth-order valence-electron chi connectivity index (χ4n) is 5.31. The number of carbonyl (C=O) groups excluding carboxylic acids is 2. The number of benzene rings is 1. The number of nitrogens with one attached hydrogen (secondary N) is 2. The van der Waals surface area contributed by atoms with Gasteiger partial charge in [-0.2, -0.15) is 5.10 Å². The van der Waals surface area contributed by atoms with Crippen LogP contribution in [0.5, 0.6) is 5.75 Å². The molecule has 36 heavy (non-hydrogen) atoms. The van der Waals surface area contributed by atoms with E-state index in [2.05, 4.69) is 20.7 Å². The predicted molar refractivity (Wildman–Crippen MR) is 136 cm³/mol. The van der Waals surface area contributed by atoms with E-state index in [1.54, 1.807) is 41.5 Å². The summed E-state index contributed by atoms with van der Waals surface area (Å²) in [7, 11) is 1.87. The molecule has 9 nitrogen and oxygen atoms in total. The van der Waals surface area contributed by atoms with Crippen molar-refractivity contribution in [2.75, 3.05) is 5.32 Å². The average Bonchev–Trinajstić information content (AvgIpc) is 3.76. The molecule has 2 aliphatic carbocycles. The first kappa shape index (κ1) is 24.1. The van der Waals surface area contributed by atoms with E-state index >= 15 is 0 Å². The third-order valence-electron chi connectivity index (χ3n) is 7.32. The first-order valence-corrected chi connectivity index (χ1v) is 12.7. The molecule has 2 saturated carbocycles. The highest BCUT2D eigenvalue weighted by Gasteiger charge is 2.48. The predicted octanol–water partition coefficient (Wildman–Crippen LogP) is 4.05. The van der Waals surface area contributed by atoms with Gasteiger partial charge in [-0.3, -0.25) is 14.3 Å². The number of hydrogen-bond donors (Lipinski definition) is 3. The van der Waals surface area contributed by atoms with Crippen molar-refractivity contribution in [2.24, 2.45) is 24.8 Å². The zero-order chi connectivity index (χ0) is 25.6. The lowest BCUT2D eigenvalue weighted by molar-refractivity contribution is -0.119. The molecule has 3 N–H and O–H groups in total. The Morgan fingerprint density at radius 2 is 1.81 bits per heavy atom. The number of aryl methyl sites for hydroxylation is 2. The Balaban J connectivity index is 1.39. The molecule has 3 aromatic rings. The third-order valence-corrected chi connectivity index (χ3v) is 7.32. The maximum Gasteiger partial charge on any atom is 0.270 e. The van der Waals surface area contributed by atoms with Gasteiger partial charge in [-0.1, -0.05) is 0 Å². The number of anilines is 1. The van der Waals surface area contributed by atoms with Crippen LogP contribution in [0.1, 0.15) is 61.8 Å². The molecule has 1 atom stereocenters. The van der Waals surface area contributed by atoms with E-state index in [9.17, 15) is 14.7 Å². The van der Waals surface area contributed by atoms with Crippen LogP contribution in [-0.4, -0.2) is 42.3 Å². The zero-order valence-electron chi connectivity index (χ0n) is 21.2. The van der Waals surface area contributed by atoms with Gasteiger partial charge in [-0.25, -0.2) is 4.98 Å². The van der Waals surface area contributed by atoms with Crippen LogP contribution in [0.4, 0.5) is 5.69 Å². The van der Waals surface area contributed by atoms with Crippen LogP contribution in [0.3, 0.4) is 0 Å². The summed E-state index contributed by atoms with van der Waals surface area (Å²) >= 11 is 0. The molecule has 2 aromatic heterocycles. The van der Waals surface area contributed by atoms with Crippen molar-refractivity contribution < 1.29 is 14.7 Å². The summed E-state index contributed by atoms with van der Waals surface area (Å²) in [5.41, 5.74) is 3.20. The van der Waals surface area contributed by atoms with E-state index in [4.69, 9.17) is 0 Å². The molecule has 0 aliphatic heterocycles. The lowest BCUT2D eigenvalue weighted by Gasteiger charge is -2.28. The smallest absolute Gasteiger partial charge is 0.270 e. The first-order valence-electron chi connectivity index (χ1n) is 12.7. The lowest BCUT2D eigenvalue weighted by Crippen LogP contribution is -2.50. The minimum absolute atomic E-state index is 0.0280. The number of rotatable bonds is 9. The summed E-state index contributed by atoms with van der Waals surface area (Å²) < 4.78 is 3.52. The number of imidazole rings is 1. The van der Waals surface area contributed by atoms with Crippen molar-refractivity contribution in [1.29, 1.82) is 0 Å². The number of phenolic OH excluding ortho intramolecular Hbond substituents is 1. The summed E-state index contributed by atoms with van der Waals surface area (Å²) in [4.78, 5) is 31.2. The van der Waals surface area contributed by atoms with Gasteiger partial charge in [-0.15, -0.1) is 0 Å². The Kier molecular flexibility index (Phi) is 6.32. The summed E-state index contributed by atoms with van der Waals surface area (Å²) in [6, 6.07) is 6.16. The number of nitrogens with zero attached hydrogens (tertiary/aromatic N) is 4. The second-order valence-corrected chi connectivity index (χ2v) is 10.5. The highest BCUT2D eigenvalue weighted by atomic mass is 16.3. The molecule has 5 rings (SSSR count). The Hall–Kier alpha value is -3.62. The maximum absolute atomic E-state index is 13.6. The molecule has 190 valence electrons. The zero-order valence-corrected chi connectivity index (χ0v) is 21.2. The fraction of sp³-hybridized carbons (Fsp3) is 0.481. The van der Waals surface area contributed by atoms with Crippen LogP contribution in [0.2, 0.25) is 0 Å². The molecule has 2 heterocycles. The minimum Gasteiger partial charge on any atom is -0.507 e. The van der Waals surface area contributed by atoms with Crippen molar-refractivity contribution in [3.8, 4) is 17.0 Å². The Labute approximate surface area is 210 Å². The number of aromatic hydroxyl groups is 1. The first-order chi connectivity index (χ1) is 17.2. The van der Waals surface area contributed by atoms with Crippen LogP contribution in [-0.2, 0) is 11.8 Å². The molecule has 0 spiro atoms. The van der Waals surface area contributed by atoms with Gasteiger partial charge in [0.15, 0.2) is 0 Å². The van der Waals surface area contributed by atoms with Gasteiger partial charge in [0.2, 0.25) is 5.91 Å². The van der Waals surface area contributed by atoms with Gasteiger partial charge in [0.25, 0.3) is 5.91 Å². The van der Waals surface area contributed by atoms with Gasteiger partial charge in [-0.05, 0) is 82.4 Å². The Bertz CT molecular complexity index is 1250. The molecule has 2 fully saturated rings. The number of phenols is 1. The van der Waals surface area contributed by atoms with Crippen molar-refractivity contribution in [1.82, 2.24) is 24.6 Å². The van der Waals surface area contributed by atoms with Crippen LogP contribution in [0, 0.1) is 24.7 Å². The summed E-state index contributed by atoms with van der Waals surface area (Å²) in [5, 5.41) is 21.0. The topological polar surface area (TPSA) is 114 Å². The van der Waals surface area contributed by atoms with Gasteiger partial charge in [0.1, 0.15) is 17.5 Å². The van der Waals surface area contributed by atoms with Gasteiger partial charge in [0, 0.05) is 36.6 Å². The van der Waals surface area contributed by atoms with Crippen LogP contribution < -0.4 is 10.6 Å². The van der Waals surface area contributed by atoms with E-state index in [1.807, 2.05) is 32.4 Å². The highest BCUT2D eigenvalue weighted by Crippen LogP contribution is 2.51. The third kappa shape index (κ3) is 4.74. The molecule has 2 amide bonds. The average molecular weight is 491 g/mol. The van der Waals surface area contributed by atoms with E-state index in [-0.39, 0.29) is 29.5 Å². The molecule has 0 bridgehead atoms. The van der Waals surface area contributed by atoms with Crippen molar-refractivity contribution >= 4 is 17.5 Å². The normalized spacial score (nSPS) is 16.4. The standard InChI is InChI=1S/C27H34N6O3/c1-15(2)33-21(11-12-29-33)26(35)31-24(23(17-5-6-17)18-7-8-18)27(36)30-19-9-10-20(22(34)13-19)25-16(3)28-14-32(25)4/h9-15,17-18,23-24,34H,5-8H2,1-4H3,(H,30,36)(H,31,35). The molecule has 9 heteroatoms. The van der Waals surface area contributed by atoms with Crippen LogP contribution in [0.25, 0.3) is 11.3 Å². The molecular formula is C27H34N6O3.